The highest BCUT2D eigenvalue weighted by Gasteiger charge is 2.38. The molecule has 12 nitrogen and oxygen atoms in total. The molecular formula is C31H33F6N5O7. The van der Waals surface area contributed by atoms with E-state index in [4.69, 9.17) is 29.3 Å². The standard InChI is InChI=1S/C27H29N5O3.C2HF3O2.CHF3.CH2O2/c1-27(2,3)20-9-7-19(8-10-20)26(33)29-23-18-32-24(28-23)11-12-25(30-32)35-22-6-4-5-21(17-22)31-13-15-34-16-14-31;3-2(4,5)1(6)7;2-1(3)4;2-1-3/h4-12,17-18H,13-16H2,1-3H3,(H,29,33);(H,6,7);1H;1H,(H,2,3). The zero-order valence-electron chi connectivity index (χ0n) is 26.3. The first-order valence-corrected chi connectivity index (χ1v) is 14.1. The second-order valence-electron chi connectivity index (χ2n) is 10.7. The molecule has 18 heteroatoms. The summed E-state index contributed by atoms with van der Waals surface area (Å²) < 4.78 is 73.8. The number of nitrogens with one attached hydrogen (secondary N) is 1. The zero-order valence-corrected chi connectivity index (χ0v) is 26.3. The summed E-state index contributed by atoms with van der Waals surface area (Å²) in [5.74, 6) is -1.41. The summed E-state index contributed by atoms with van der Waals surface area (Å²) in [6.07, 6.45) is -3.41. The van der Waals surface area contributed by atoms with Crippen molar-refractivity contribution in [3.8, 4) is 11.6 Å². The van der Waals surface area contributed by atoms with Gasteiger partial charge in [0.2, 0.25) is 5.88 Å². The molecule has 5 rings (SSSR count). The van der Waals surface area contributed by atoms with Crippen LogP contribution in [0.3, 0.4) is 0 Å². The van der Waals surface area contributed by atoms with Crippen LogP contribution in [0.5, 0.6) is 11.6 Å². The summed E-state index contributed by atoms with van der Waals surface area (Å²) in [6.45, 7) is 5.69. The van der Waals surface area contributed by atoms with Crippen molar-refractivity contribution in [3.63, 3.8) is 0 Å². The number of carbonyl (C=O) groups excluding carboxylic acids is 1. The van der Waals surface area contributed by atoms with Gasteiger partial charge in [-0.2, -0.15) is 26.3 Å². The fourth-order valence-corrected chi connectivity index (χ4v) is 3.98. The van der Waals surface area contributed by atoms with Gasteiger partial charge in [0.15, 0.2) is 11.5 Å². The summed E-state index contributed by atoms with van der Waals surface area (Å²) in [5, 5.41) is 21.4. The van der Waals surface area contributed by atoms with Crippen molar-refractivity contribution in [2.75, 3.05) is 36.5 Å². The molecule has 0 bridgehead atoms. The maximum Gasteiger partial charge on any atom is 0.490 e. The number of carboxylic acid groups (broad SMARTS) is 2. The minimum Gasteiger partial charge on any atom is -0.483 e. The Morgan fingerprint density at radius 3 is 2.10 bits per heavy atom. The summed E-state index contributed by atoms with van der Waals surface area (Å²) in [7, 11) is 0. The zero-order chi connectivity index (χ0) is 36.8. The number of halogens is 6. The number of carboxylic acids is 1. The average molecular weight is 702 g/mol. The number of alkyl halides is 6. The van der Waals surface area contributed by atoms with E-state index in [1.807, 2.05) is 48.5 Å². The van der Waals surface area contributed by atoms with Crippen LogP contribution in [0.25, 0.3) is 5.65 Å². The largest absolute Gasteiger partial charge is 0.490 e. The number of nitrogens with zero attached hydrogens (tertiary/aromatic N) is 4. The lowest BCUT2D eigenvalue weighted by Crippen LogP contribution is -2.36. The molecule has 0 atom stereocenters. The average Bonchev–Trinajstić information content (AvgIpc) is 3.43. The molecule has 1 amide bonds. The molecule has 1 fully saturated rings. The van der Waals surface area contributed by atoms with E-state index in [9.17, 15) is 31.1 Å². The van der Waals surface area contributed by atoms with E-state index in [1.165, 1.54) is 5.56 Å². The molecule has 0 aliphatic carbocycles. The molecule has 0 unspecified atom stereocenters. The van der Waals surface area contributed by atoms with Crippen molar-refractivity contribution < 1.29 is 60.4 Å². The number of morpholine rings is 1. The van der Waals surface area contributed by atoms with Crippen molar-refractivity contribution in [2.24, 2.45) is 0 Å². The van der Waals surface area contributed by atoms with Gasteiger partial charge in [-0.25, -0.2) is 14.3 Å². The molecule has 4 aromatic rings. The Kier molecular flexibility index (Phi) is 14.8. The molecule has 0 radical (unpaired) electrons. The quantitative estimate of drug-likeness (QED) is 0.157. The van der Waals surface area contributed by atoms with E-state index in [0.29, 0.717) is 28.7 Å². The lowest BCUT2D eigenvalue weighted by atomic mass is 9.87. The van der Waals surface area contributed by atoms with E-state index in [1.54, 1.807) is 16.8 Å². The summed E-state index contributed by atoms with van der Waals surface area (Å²) in [4.78, 5) is 36.7. The van der Waals surface area contributed by atoms with Crippen molar-refractivity contribution in [1.82, 2.24) is 14.6 Å². The number of hydrogen-bond donors (Lipinski definition) is 3. The number of anilines is 2. The molecular weight excluding hydrogens is 668 g/mol. The topological polar surface area (TPSA) is 156 Å². The SMILES string of the molecule is CC(C)(C)c1ccc(C(=O)Nc2cn3nc(Oc4cccc(N5CCOCC5)c4)ccc3n2)cc1.FC(F)F.O=C(O)C(F)(F)F.O=CO. The van der Waals surface area contributed by atoms with E-state index >= 15 is 0 Å². The molecule has 1 aliphatic heterocycles. The van der Waals surface area contributed by atoms with Crippen LogP contribution in [-0.2, 0) is 19.7 Å². The highest BCUT2D eigenvalue weighted by Crippen LogP contribution is 2.26. The molecule has 266 valence electrons. The number of benzene rings is 2. The van der Waals surface area contributed by atoms with Crippen LogP contribution in [0.4, 0.5) is 37.8 Å². The third-order valence-electron chi connectivity index (χ3n) is 6.21. The van der Waals surface area contributed by atoms with Crippen molar-refractivity contribution in [3.05, 3.63) is 78.0 Å². The van der Waals surface area contributed by atoms with Crippen LogP contribution in [0, 0.1) is 0 Å². The maximum atomic E-state index is 12.7. The molecule has 0 saturated carbocycles. The van der Waals surface area contributed by atoms with Gasteiger partial charge < -0.3 is 29.9 Å². The molecule has 2 aromatic heterocycles. The minimum atomic E-state index is -5.08. The van der Waals surface area contributed by atoms with Crippen LogP contribution in [0.2, 0.25) is 0 Å². The van der Waals surface area contributed by atoms with Gasteiger partial charge in [0.1, 0.15) is 5.75 Å². The Morgan fingerprint density at radius 1 is 1.00 bits per heavy atom. The Hall–Kier alpha value is -5.39. The molecule has 1 saturated heterocycles. The second-order valence-corrected chi connectivity index (χ2v) is 10.7. The van der Waals surface area contributed by atoms with Gasteiger partial charge in [-0.3, -0.25) is 9.59 Å². The number of aromatic nitrogens is 3. The normalized spacial score (nSPS) is 12.7. The second kappa shape index (κ2) is 18.2. The van der Waals surface area contributed by atoms with Gasteiger partial charge in [0.05, 0.1) is 19.4 Å². The van der Waals surface area contributed by atoms with Crippen LogP contribution >= 0.6 is 0 Å². The van der Waals surface area contributed by atoms with Gasteiger partial charge in [-0.1, -0.05) is 39.0 Å². The lowest BCUT2D eigenvalue weighted by molar-refractivity contribution is -0.192. The summed E-state index contributed by atoms with van der Waals surface area (Å²) in [5.41, 5.74) is 3.49. The van der Waals surface area contributed by atoms with Crippen molar-refractivity contribution >= 4 is 35.5 Å². The number of carbonyl (C=O) groups is 3. The first kappa shape index (κ1) is 39.8. The van der Waals surface area contributed by atoms with Crippen LogP contribution in [0.15, 0.2) is 66.9 Å². The first-order valence-electron chi connectivity index (χ1n) is 14.1. The Labute approximate surface area is 275 Å². The number of aliphatic carboxylic acids is 1. The lowest BCUT2D eigenvalue weighted by Gasteiger charge is -2.29. The van der Waals surface area contributed by atoms with Gasteiger partial charge >= 0.3 is 18.8 Å². The van der Waals surface area contributed by atoms with Crippen LogP contribution in [-0.4, -0.2) is 82.3 Å². The van der Waals surface area contributed by atoms with Gasteiger partial charge in [0.25, 0.3) is 12.4 Å². The molecule has 3 N–H and O–H groups in total. The Morgan fingerprint density at radius 2 is 1.57 bits per heavy atom. The van der Waals surface area contributed by atoms with E-state index in [2.05, 4.69) is 47.1 Å². The smallest absolute Gasteiger partial charge is 0.483 e. The maximum absolute atomic E-state index is 12.7. The van der Waals surface area contributed by atoms with Gasteiger partial charge in [-0.05, 0) is 41.3 Å². The Bertz CT molecular complexity index is 1650. The predicted octanol–water partition coefficient (Wildman–Crippen LogP) is 6.42. The number of imidazole rings is 1. The molecule has 0 spiro atoms. The number of fused-ring (bicyclic) bond motifs is 1. The molecule has 3 heterocycles. The molecule has 1 aliphatic rings. The van der Waals surface area contributed by atoms with Crippen molar-refractivity contribution in [1.29, 1.82) is 0 Å². The van der Waals surface area contributed by atoms with Gasteiger partial charge in [-0.15, -0.1) is 5.10 Å². The summed E-state index contributed by atoms with van der Waals surface area (Å²) in [6, 6.07) is 19.1. The van der Waals surface area contributed by atoms with E-state index in [-0.39, 0.29) is 17.8 Å². The monoisotopic (exact) mass is 701 g/mol. The number of rotatable bonds is 5. The third kappa shape index (κ3) is 13.7. The molecule has 49 heavy (non-hydrogen) atoms. The highest BCUT2D eigenvalue weighted by molar-refractivity contribution is 6.03. The van der Waals surface area contributed by atoms with Gasteiger partial charge in [0, 0.05) is 36.5 Å². The predicted molar refractivity (Wildman–Crippen MR) is 165 cm³/mol. The number of ether oxygens (including phenoxy) is 2. The fraction of sp³-hybridized carbons (Fsp3) is 0.323. The van der Waals surface area contributed by atoms with Crippen LogP contribution < -0.4 is 15.0 Å². The first-order chi connectivity index (χ1) is 22.9. The number of amides is 1. The summed E-state index contributed by atoms with van der Waals surface area (Å²) >= 11 is 0. The fourth-order valence-electron chi connectivity index (χ4n) is 3.98. The Balaban J connectivity index is 0.000000506. The third-order valence-corrected chi connectivity index (χ3v) is 6.21. The highest BCUT2D eigenvalue weighted by atomic mass is 19.4. The van der Waals surface area contributed by atoms with Crippen molar-refractivity contribution in [2.45, 2.75) is 39.0 Å². The molecule has 2 aromatic carbocycles. The van der Waals surface area contributed by atoms with E-state index < -0.39 is 18.8 Å². The minimum absolute atomic E-state index is 0.0336. The van der Waals surface area contributed by atoms with Crippen LogP contribution in [0.1, 0.15) is 36.7 Å². The van der Waals surface area contributed by atoms with E-state index in [0.717, 1.165) is 32.0 Å². The number of hydrogen-bond acceptors (Lipinski definition) is 8.